The monoisotopic (exact) mass is 350 g/mol. The molecule has 25 heavy (non-hydrogen) atoms. The molecule has 0 saturated heterocycles. The normalized spacial score (nSPS) is 19.4. The predicted octanol–water partition coefficient (Wildman–Crippen LogP) is 9.34. The highest BCUT2D eigenvalue weighted by Gasteiger charge is 2.45. The van der Waals surface area contributed by atoms with Gasteiger partial charge in [-0.1, -0.05) is 118 Å². The van der Waals surface area contributed by atoms with Crippen LogP contribution in [0.3, 0.4) is 0 Å². The fourth-order valence-corrected chi connectivity index (χ4v) is 4.43. The first-order valence-corrected chi connectivity index (χ1v) is 11.6. The van der Waals surface area contributed by atoms with Crippen molar-refractivity contribution in [1.82, 2.24) is 0 Å². The van der Waals surface area contributed by atoms with Crippen molar-refractivity contribution >= 4 is 0 Å². The van der Waals surface area contributed by atoms with Crippen LogP contribution < -0.4 is 0 Å². The van der Waals surface area contributed by atoms with Crippen molar-refractivity contribution < 1.29 is 0 Å². The van der Waals surface area contributed by atoms with Crippen LogP contribution in [0.15, 0.2) is 13.2 Å². The largest absolute Gasteiger partial charge is 0.106 e. The maximum atomic E-state index is 3.00. The van der Waals surface area contributed by atoms with Crippen LogP contribution in [0.5, 0.6) is 0 Å². The first-order valence-electron chi connectivity index (χ1n) is 11.6. The minimum absolute atomic E-state index is 0.623. The van der Waals surface area contributed by atoms with Gasteiger partial charge in [-0.2, -0.15) is 0 Å². The summed E-state index contributed by atoms with van der Waals surface area (Å²) in [5.74, 6) is 2.14. The Bertz CT molecular complexity index is 278. The molecule has 0 aromatic carbocycles. The second-order valence-electron chi connectivity index (χ2n) is 9.02. The van der Waals surface area contributed by atoms with E-state index in [9.17, 15) is 0 Å². The van der Waals surface area contributed by atoms with E-state index in [-0.39, 0.29) is 0 Å². The molecule has 0 amide bonds. The van der Waals surface area contributed by atoms with E-state index in [0.29, 0.717) is 5.41 Å². The summed E-state index contributed by atoms with van der Waals surface area (Å²) in [6.45, 7) is 15.7. The van der Waals surface area contributed by atoms with Gasteiger partial charge in [-0.05, 0) is 30.1 Å². The van der Waals surface area contributed by atoms with E-state index in [1.165, 1.54) is 103 Å². The van der Waals surface area contributed by atoms with Crippen molar-refractivity contribution in [2.75, 3.05) is 0 Å². The second-order valence-corrected chi connectivity index (χ2v) is 9.02. The summed E-state index contributed by atoms with van der Waals surface area (Å²) in [5.41, 5.74) is 0.623. The second kappa shape index (κ2) is 16.0. The van der Waals surface area contributed by atoms with Crippen molar-refractivity contribution in [2.24, 2.45) is 17.3 Å². The van der Waals surface area contributed by atoms with Crippen LogP contribution >= 0.6 is 0 Å². The third-order valence-electron chi connectivity index (χ3n) is 6.28. The summed E-state index contributed by atoms with van der Waals surface area (Å²) in [6.07, 6.45) is 23.5. The SMILES string of the molecule is C=C.CCCCCCCCCCCC1CC1C(C)(C)CCCCCC. The maximum absolute atomic E-state index is 3.00. The lowest BCUT2D eigenvalue weighted by atomic mass is 9.80. The van der Waals surface area contributed by atoms with Crippen LogP contribution in [0, 0.1) is 17.3 Å². The van der Waals surface area contributed by atoms with Gasteiger partial charge in [0, 0.05) is 0 Å². The van der Waals surface area contributed by atoms with Gasteiger partial charge in [0.05, 0.1) is 0 Å². The number of unbranched alkanes of at least 4 members (excludes halogenated alkanes) is 11. The molecule has 1 saturated carbocycles. The number of hydrogen-bond acceptors (Lipinski definition) is 0. The van der Waals surface area contributed by atoms with E-state index in [1.807, 2.05) is 0 Å². The first kappa shape index (κ1) is 24.7. The molecule has 150 valence electrons. The van der Waals surface area contributed by atoms with Crippen molar-refractivity contribution in [3.63, 3.8) is 0 Å². The molecule has 1 aliphatic rings. The molecule has 0 heterocycles. The zero-order valence-corrected chi connectivity index (χ0v) is 18.4. The molecule has 0 N–H and O–H groups in total. The lowest BCUT2D eigenvalue weighted by Crippen LogP contribution is -2.15. The third-order valence-corrected chi connectivity index (χ3v) is 6.28. The molecular formula is C25H50. The summed E-state index contributed by atoms with van der Waals surface area (Å²) >= 11 is 0. The molecule has 0 nitrogen and oxygen atoms in total. The number of rotatable bonds is 16. The Labute approximate surface area is 161 Å². The summed E-state index contributed by atoms with van der Waals surface area (Å²) in [4.78, 5) is 0. The Morgan fingerprint density at radius 1 is 0.680 bits per heavy atom. The van der Waals surface area contributed by atoms with E-state index in [1.54, 1.807) is 0 Å². The Balaban J connectivity index is 0.00000277. The summed E-state index contributed by atoms with van der Waals surface area (Å²) in [7, 11) is 0. The Hall–Kier alpha value is -0.260. The van der Waals surface area contributed by atoms with Crippen LogP contribution in [0.1, 0.15) is 130 Å². The van der Waals surface area contributed by atoms with Gasteiger partial charge in [-0.25, -0.2) is 0 Å². The molecule has 0 spiro atoms. The van der Waals surface area contributed by atoms with Gasteiger partial charge in [0.25, 0.3) is 0 Å². The highest BCUT2D eigenvalue weighted by atomic mass is 14.5. The average Bonchev–Trinajstić information content (AvgIpc) is 3.40. The van der Waals surface area contributed by atoms with Gasteiger partial charge >= 0.3 is 0 Å². The Morgan fingerprint density at radius 2 is 1.12 bits per heavy atom. The maximum Gasteiger partial charge on any atom is -0.0323 e. The van der Waals surface area contributed by atoms with Crippen LogP contribution in [0.2, 0.25) is 0 Å². The van der Waals surface area contributed by atoms with Gasteiger partial charge < -0.3 is 0 Å². The highest BCUT2D eigenvalue weighted by Crippen LogP contribution is 2.55. The molecule has 0 aliphatic heterocycles. The zero-order valence-electron chi connectivity index (χ0n) is 18.4. The van der Waals surface area contributed by atoms with Crippen LogP contribution in [-0.4, -0.2) is 0 Å². The van der Waals surface area contributed by atoms with Gasteiger partial charge in [0.2, 0.25) is 0 Å². The molecule has 0 radical (unpaired) electrons. The summed E-state index contributed by atoms with van der Waals surface area (Å²) < 4.78 is 0. The summed E-state index contributed by atoms with van der Waals surface area (Å²) in [6, 6.07) is 0. The third kappa shape index (κ3) is 12.7. The van der Waals surface area contributed by atoms with Crippen LogP contribution in [0.4, 0.5) is 0 Å². The topological polar surface area (TPSA) is 0 Å². The molecule has 0 aromatic rings. The minimum Gasteiger partial charge on any atom is -0.106 e. The lowest BCUT2D eigenvalue weighted by molar-refractivity contribution is 0.254. The Morgan fingerprint density at radius 3 is 1.64 bits per heavy atom. The predicted molar refractivity (Wildman–Crippen MR) is 117 cm³/mol. The van der Waals surface area contributed by atoms with E-state index in [2.05, 4.69) is 40.9 Å². The molecule has 0 bridgehead atoms. The molecule has 2 atom stereocenters. The van der Waals surface area contributed by atoms with Gasteiger partial charge in [0.1, 0.15) is 0 Å². The van der Waals surface area contributed by atoms with Crippen molar-refractivity contribution in [3.05, 3.63) is 13.2 Å². The fourth-order valence-electron chi connectivity index (χ4n) is 4.43. The quantitative estimate of drug-likeness (QED) is 0.192. The molecule has 0 heteroatoms. The van der Waals surface area contributed by atoms with Gasteiger partial charge in [0.15, 0.2) is 0 Å². The molecule has 2 unspecified atom stereocenters. The van der Waals surface area contributed by atoms with Gasteiger partial charge in [-0.3, -0.25) is 0 Å². The van der Waals surface area contributed by atoms with Crippen molar-refractivity contribution in [1.29, 1.82) is 0 Å². The fraction of sp³-hybridized carbons (Fsp3) is 0.920. The van der Waals surface area contributed by atoms with Crippen molar-refractivity contribution in [3.8, 4) is 0 Å². The number of hydrogen-bond donors (Lipinski definition) is 0. The molecular weight excluding hydrogens is 300 g/mol. The Kier molecular flexibility index (Phi) is 15.8. The molecule has 1 rings (SSSR count). The first-order chi connectivity index (χ1) is 12.1. The highest BCUT2D eigenvalue weighted by molar-refractivity contribution is 4.95. The van der Waals surface area contributed by atoms with E-state index in [0.717, 1.165) is 11.8 Å². The molecule has 0 aromatic heterocycles. The van der Waals surface area contributed by atoms with E-state index < -0.39 is 0 Å². The van der Waals surface area contributed by atoms with Crippen molar-refractivity contribution in [2.45, 2.75) is 130 Å². The standard InChI is InChI=1S/C23H46.C2H4/c1-5-7-9-11-12-13-14-15-16-18-21-20-22(21)23(3,4)19-17-10-8-6-2;1-2/h21-22H,5-20H2,1-4H3;1-2H2. The van der Waals surface area contributed by atoms with Crippen LogP contribution in [0.25, 0.3) is 0 Å². The minimum atomic E-state index is 0.623. The lowest BCUT2D eigenvalue weighted by Gasteiger charge is -2.25. The zero-order chi connectivity index (χ0) is 19.0. The summed E-state index contributed by atoms with van der Waals surface area (Å²) in [5, 5.41) is 0. The van der Waals surface area contributed by atoms with E-state index in [4.69, 9.17) is 0 Å². The van der Waals surface area contributed by atoms with Gasteiger partial charge in [-0.15, -0.1) is 13.2 Å². The van der Waals surface area contributed by atoms with E-state index >= 15 is 0 Å². The average molecular weight is 351 g/mol. The molecule has 1 fully saturated rings. The van der Waals surface area contributed by atoms with Crippen LogP contribution in [-0.2, 0) is 0 Å². The smallest absolute Gasteiger partial charge is 0.0323 e. The molecule has 1 aliphatic carbocycles.